The van der Waals surface area contributed by atoms with Crippen molar-refractivity contribution in [1.82, 2.24) is 14.5 Å². The summed E-state index contributed by atoms with van der Waals surface area (Å²) >= 11 is 0. The van der Waals surface area contributed by atoms with E-state index in [1.54, 1.807) is 37.3 Å². The van der Waals surface area contributed by atoms with Crippen molar-refractivity contribution in [2.24, 2.45) is 7.05 Å². The van der Waals surface area contributed by atoms with Crippen LogP contribution in [-0.4, -0.2) is 33.6 Å². The maximum atomic E-state index is 11.4. The Morgan fingerprint density at radius 2 is 1.96 bits per heavy atom. The Balaban J connectivity index is 1.95. The van der Waals surface area contributed by atoms with E-state index in [-0.39, 0.29) is 5.69 Å². The Morgan fingerprint density at radius 3 is 2.56 bits per heavy atom. The van der Waals surface area contributed by atoms with Gasteiger partial charge in [-0.05, 0) is 37.6 Å². The maximum Gasteiger partial charge on any atom is 0.294 e. The van der Waals surface area contributed by atoms with Crippen LogP contribution in [0.1, 0.15) is 11.3 Å². The minimum Gasteiger partial charge on any atom is -0.372 e. The summed E-state index contributed by atoms with van der Waals surface area (Å²) in [5.74, 6) is 0.391. The van der Waals surface area contributed by atoms with Crippen LogP contribution in [0.5, 0.6) is 0 Å². The number of aryl methyl sites for hydroxylation is 2. The molecule has 27 heavy (non-hydrogen) atoms. The van der Waals surface area contributed by atoms with Crippen molar-refractivity contribution in [2.75, 3.05) is 24.3 Å². The molecule has 2 aromatic heterocycles. The zero-order valence-corrected chi connectivity index (χ0v) is 16.0. The lowest BCUT2D eigenvalue weighted by Crippen LogP contribution is -2.11. The van der Waals surface area contributed by atoms with Gasteiger partial charge >= 0.3 is 0 Å². The molecule has 0 fully saturated rings. The molecule has 3 aromatic rings. The first-order valence-corrected chi connectivity index (χ1v) is 8.46. The molecular formula is C19H22N6O2. The number of benzene rings is 1. The molecule has 8 heteroatoms. The van der Waals surface area contributed by atoms with Crippen LogP contribution in [0.3, 0.4) is 0 Å². The maximum absolute atomic E-state index is 11.4. The van der Waals surface area contributed by atoms with Gasteiger partial charge < -0.3 is 14.8 Å². The second kappa shape index (κ2) is 7.06. The topological polar surface area (TPSA) is 89.1 Å². The van der Waals surface area contributed by atoms with E-state index in [1.807, 2.05) is 27.0 Å². The van der Waals surface area contributed by atoms with Crippen LogP contribution in [0.2, 0.25) is 0 Å². The molecule has 0 radical (unpaired) electrons. The van der Waals surface area contributed by atoms with Gasteiger partial charge in [-0.15, -0.1) is 0 Å². The number of nitrogens with one attached hydrogen (secondary N) is 1. The van der Waals surface area contributed by atoms with Crippen molar-refractivity contribution >= 4 is 23.0 Å². The molecule has 1 N–H and O–H groups in total. The number of hydrogen-bond donors (Lipinski definition) is 1. The van der Waals surface area contributed by atoms with Crippen molar-refractivity contribution in [1.29, 1.82) is 0 Å². The highest BCUT2D eigenvalue weighted by molar-refractivity contribution is 5.71. The van der Waals surface area contributed by atoms with Crippen LogP contribution in [0.4, 0.5) is 23.0 Å². The highest BCUT2D eigenvalue weighted by atomic mass is 16.6. The largest absolute Gasteiger partial charge is 0.372 e. The van der Waals surface area contributed by atoms with Crippen molar-refractivity contribution < 1.29 is 4.92 Å². The van der Waals surface area contributed by atoms with Crippen LogP contribution in [0.15, 0.2) is 36.7 Å². The summed E-state index contributed by atoms with van der Waals surface area (Å²) in [6.45, 7) is 4.09. The lowest BCUT2D eigenvalue weighted by molar-refractivity contribution is -0.384. The number of nitrogens with zero attached hydrogens (tertiary/aromatic N) is 5. The van der Waals surface area contributed by atoms with Gasteiger partial charge in [-0.1, -0.05) is 0 Å². The fraction of sp³-hybridized carbons (Fsp3) is 0.263. The second-order valence-electron chi connectivity index (χ2n) is 6.63. The van der Waals surface area contributed by atoms with Crippen molar-refractivity contribution in [3.8, 4) is 11.3 Å². The molecule has 8 nitrogen and oxygen atoms in total. The summed E-state index contributed by atoms with van der Waals surface area (Å²) in [6, 6.07) is 6.83. The lowest BCUT2D eigenvalue weighted by atomic mass is 10.1. The molecule has 0 saturated heterocycles. The van der Waals surface area contributed by atoms with E-state index >= 15 is 0 Å². The smallest absolute Gasteiger partial charge is 0.294 e. The van der Waals surface area contributed by atoms with Gasteiger partial charge in [0.2, 0.25) is 5.95 Å². The first kappa shape index (κ1) is 18.4. The molecule has 0 amide bonds. The molecule has 0 spiro atoms. The second-order valence-corrected chi connectivity index (χ2v) is 6.63. The average Bonchev–Trinajstić information content (AvgIpc) is 2.87. The molecule has 1 aromatic carbocycles. The van der Waals surface area contributed by atoms with Gasteiger partial charge in [-0.2, -0.15) is 0 Å². The van der Waals surface area contributed by atoms with Gasteiger partial charge in [0, 0.05) is 56.5 Å². The van der Waals surface area contributed by atoms with E-state index in [0.29, 0.717) is 17.3 Å². The van der Waals surface area contributed by atoms with Gasteiger partial charge in [0.1, 0.15) is 5.69 Å². The number of hydrogen-bond acceptors (Lipinski definition) is 6. The molecule has 0 unspecified atom stereocenters. The van der Waals surface area contributed by atoms with Crippen LogP contribution in [0.25, 0.3) is 11.3 Å². The molecular weight excluding hydrogens is 344 g/mol. The third-order valence-corrected chi connectivity index (χ3v) is 4.49. The first-order chi connectivity index (χ1) is 12.8. The van der Waals surface area contributed by atoms with Gasteiger partial charge in [-0.3, -0.25) is 10.1 Å². The Morgan fingerprint density at radius 1 is 1.22 bits per heavy atom. The standard InChI is InChI=1S/C19H22N6O2/c1-12-11-24(5)13(2)18(12)15-8-9-20-19(22-15)21-14-6-7-16(23(3)4)17(10-14)25(26)27/h6-11H,1-5H3,(H,20,21,22). The van der Waals surface area contributed by atoms with E-state index < -0.39 is 4.92 Å². The summed E-state index contributed by atoms with van der Waals surface area (Å²) in [6.07, 6.45) is 3.74. The third-order valence-electron chi connectivity index (χ3n) is 4.49. The quantitative estimate of drug-likeness (QED) is 0.545. The van der Waals surface area contributed by atoms with E-state index in [2.05, 4.69) is 26.0 Å². The number of anilines is 3. The molecule has 0 aliphatic carbocycles. The summed E-state index contributed by atoms with van der Waals surface area (Å²) in [5, 5.41) is 14.4. The first-order valence-electron chi connectivity index (χ1n) is 8.46. The summed E-state index contributed by atoms with van der Waals surface area (Å²) in [4.78, 5) is 21.5. The normalized spacial score (nSPS) is 10.7. The van der Waals surface area contributed by atoms with E-state index in [9.17, 15) is 10.1 Å². The van der Waals surface area contributed by atoms with Gasteiger partial charge in [0.15, 0.2) is 0 Å². The predicted octanol–water partition coefficient (Wildman–Crippen LogP) is 3.82. The van der Waals surface area contributed by atoms with Crippen LogP contribution in [0, 0.1) is 24.0 Å². The zero-order valence-electron chi connectivity index (χ0n) is 16.0. The molecule has 3 rings (SSSR count). The number of aromatic nitrogens is 3. The molecule has 2 heterocycles. The Labute approximate surface area is 157 Å². The number of nitro benzene ring substituents is 1. The summed E-state index contributed by atoms with van der Waals surface area (Å²) in [7, 11) is 5.54. The fourth-order valence-corrected chi connectivity index (χ4v) is 3.11. The Kier molecular flexibility index (Phi) is 4.81. The van der Waals surface area contributed by atoms with Gasteiger partial charge in [0.05, 0.1) is 10.6 Å². The number of nitro groups is 1. The summed E-state index contributed by atoms with van der Waals surface area (Å²) in [5.41, 5.74) is 5.24. The Hall–Kier alpha value is -3.42. The zero-order chi connectivity index (χ0) is 19.7. The molecule has 0 aliphatic heterocycles. The van der Waals surface area contributed by atoms with Crippen LogP contribution in [-0.2, 0) is 7.05 Å². The predicted molar refractivity (Wildman–Crippen MR) is 107 cm³/mol. The van der Waals surface area contributed by atoms with Crippen molar-refractivity contribution in [3.63, 3.8) is 0 Å². The number of rotatable bonds is 5. The average molecular weight is 366 g/mol. The lowest BCUT2D eigenvalue weighted by Gasteiger charge is -2.14. The van der Waals surface area contributed by atoms with Crippen molar-refractivity contribution in [3.05, 3.63) is 58.0 Å². The highest BCUT2D eigenvalue weighted by Gasteiger charge is 2.17. The van der Waals surface area contributed by atoms with Crippen LogP contribution < -0.4 is 10.2 Å². The minimum atomic E-state index is -0.394. The molecule has 140 valence electrons. The highest BCUT2D eigenvalue weighted by Crippen LogP contribution is 2.31. The Bertz CT molecular complexity index is 1010. The van der Waals surface area contributed by atoms with E-state index in [4.69, 9.17) is 0 Å². The van der Waals surface area contributed by atoms with E-state index in [1.165, 1.54) is 6.07 Å². The van der Waals surface area contributed by atoms with Gasteiger partial charge in [0.25, 0.3) is 5.69 Å². The molecule has 0 aliphatic rings. The molecule has 0 atom stereocenters. The van der Waals surface area contributed by atoms with Crippen LogP contribution >= 0.6 is 0 Å². The summed E-state index contributed by atoms with van der Waals surface area (Å²) < 4.78 is 2.06. The molecule has 0 saturated carbocycles. The SMILES string of the molecule is Cc1cn(C)c(C)c1-c1ccnc(Nc2ccc(N(C)C)c([N+](=O)[O-])c2)n1. The minimum absolute atomic E-state index is 0.0240. The van der Waals surface area contributed by atoms with Crippen molar-refractivity contribution in [2.45, 2.75) is 13.8 Å². The van der Waals surface area contributed by atoms with Gasteiger partial charge in [-0.25, -0.2) is 9.97 Å². The fourth-order valence-electron chi connectivity index (χ4n) is 3.11. The monoisotopic (exact) mass is 366 g/mol. The van der Waals surface area contributed by atoms with E-state index in [0.717, 1.165) is 22.5 Å². The molecule has 0 bridgehead atoms. The third kappa shape index (κ3) is 3.59.